The summed E-state index contributed by atoms with van der Waals surface area (Å²) in [5, 5.41) is 0.611. The van der Waals surface area contributed by atoms with Gasteiger partial charge in [0.2, 0.25) is 5.91 Å². The maximum atomic E-state index is 12.6. The van der Waals surface area contributed by atoms with Gasteiger partial charge in [0.1, 0.15) is 0 Å². The maximum Gasteiger partial charge on any atom is 0.254 e. The smallest absolute Gasteiger partial charge is 0.254 e. The lowest BCUT2D eigenvalue weighted by Gasteiger charge is -2.22. The largest absolute Gasteiger partial charge is 0.341 e. The van der Waals surface area contributed by atoms with E-state index in [0.29, 0.717) is 36.8 Å². The standard InChI is InChI=1S/C19H20ClN3O2/c20-17-5-2-1-4-16(17)14-18(24)22-10-3-11-23(13-12-22)19(25)15-6-8-21-9-7-15/h1-2,4-9H,3,10-14H2. The summed E-state index contributed by atoms with van der Waals surface area (Å²) in [5.41, 5.74) is 1.47. The average molecular weight is 358 g/mol. The second-order valence-electron chi connectivity index (χ2n) is 6.03. The van der Waals surface area contributed by atoms with Gasteiger partial charge in [-0.25, -0.2) is 0 Å². The second kappa shape index (κ2) is 8.12. The fourth-order valence-electron chi connectivity index (χ4n) is 2.96. The molecule has 2 amide bonds. The first-order chi connectivity index (χ1) is 12.1. The van der Waals surface area contributed by atoms with Crippen LogP contribution in [0.25, 0.3) is 0 Å². The number of rotatable bonds is 3. The summed E-state index contributed by atoms with van der Waals surface area (Å²) in [7, 11) is 0. The monoisotopic (exact) mass is 357 g/mol. The Balaban J connectivity index is 1.60. The lowest BCUT2D eigenvalue weighted by Crippen LogP contribution is -2.38. The molecule has 1 aromatic carbocycles. The van der Waals surface area contributed by atoms with Crippen LogP contribution in [0.1, 0.15) is 22.3 Å². The molecule has 130 valence electrons. The van der Waals surface area contributed by atoms with Crippen molar-refractivity contribution in [1.82, 2.24) is 14.8 Å². The van der Waals surface area contributed by atoms with Gasteiger partial charge >= 0.3 is 0 Å². The van der Waals surface area contributed by atoms with Crippen LogP contribution >= 0.6 is 11.6 Å². The summed E-state index contributed by atoms with van der Waals surface area (Å²) in [4.78, 5) is 32.7. The van der Waals surface area contributed by atoms with E-state index < -0.39 is 0 Å². The molecule has 5 nitrogen and oxygen atoms in total. The molecule has 1 saturated heterocycles. The SMILES string of the molecule is O=C(Cc1ccccc1Cl)N1CCCN(C(=O)c2ccncc2)CC1. The topological polar surface area (TPSA) is 53.5 Å². The summed E-state index contributed by atoms with van der Waals surface area (Å²) in [6, 6.07) is 10.8. The number of pyridine rings is 1. The molecule has 25 heavy (non-hydrogen) atoms. The highest BCUT2D eigenvalue weighted by molar-refractivity contribution is 6.31. The first-order valence-corrected chi connectivity index (χ1v) is 8.73. The van der Waals surface area contributed by atoms with Crippen molar-refractivity contribution in [2.45, 2.75) is 12.8 Å². The predicted molar refractivity (Wildman–Crippen MR) is 96.5 cm³/mol. The van der Waals surface area contributed by atoms with Crippen LogP contribution in [0.3, 0.4) is 0 Å². The normalized spacial score (nSPS) is 14.9. The molecular weight excluding hydrogens is 338 g/mol. The summed E-state index contributed by atoms with van der Waals surface area (Å²) < 4.78 is 0. The lowest BCUT2D eigenvalue weighted by atomic mass is 10.1. The van der Waals surface area contributed by atoms with Gasteiger partial charge in [-0.15, -0.1) is 0 Å². The molecule has 2 aromatic rings. The van der Waals surface area contributed by atoms with Gasteiger partial charge in [0, 0.05) is 49.2 Å². The Labute approximate surface area is 152 Å². The van der Waals surface area contributed by atoms with E-state index >= 15 is 0 Å². The zero-order chi connectivity index (χ0) is 17.6. The van der Waals surface area contributed by atoms with Crippen molar-refractivity contribution in [3.8, 4) is 0 Å². The third-order valence-electron chi connectivity index (χ3n) is 4.36. The zero-order valence-electron chi connectivity index (χ0n) is 13.9. The number of carbonyl (C=O) groups excluding carboxylic acids is 2. The van der Waals surface area contributed by atoms with Gasteiger partial charge in [-0.05, 0) is 30.2 Å². The maximum absolute atomic E-state index is 12.6. The fourth-order valence-corrected chi connectivity index (χ4v) is 3.17. The van der Waals surface area contributed by atoms with Crippen molar-refractivity contribution in [3.63, 3.8) is 0 Å². The molecule has 0 radical (unpaired) electrons. The molecule has 0 aliphatic carbocycles. The van der Waals surface area contributed by atoms with E-state index in [2.05, 4.69) is 4.98 Å². The van der Waals surface area contributed by atoms with Crippen molar-refractivity contribution >= 4 is 23.4 Å². The van der Waals surface area contributed by atoms with Gasteiger partial charge in [0.25, 0.3) is 5.91 Å². The van der Waals surface area contributed by atoms with Gasteiger partial charge in [-0.1, -0.05) is 29.8 Å². The van der Waals surface area contributed by atoms with Gasteiger partial charge < -0.3 is 9.80 Å². The third kappa shape index (κ3) is 4.37. The van der Waals surface area contributed by atoms with Crippen LogP contribution in [0.2, 0.25) is 5.02 Å². The zero-order valence-corrected chi connectivity index (χ0v) is 14.7. The Morgan fingerprint density at radius 2 is 1.64 bits per heavy atom. The number of aromatic nitrogens is 1. The molecule has 1 fully saturated rings. The molecule has 1 aliphatic heterocycles. The van der Waals surface area contributed by atoms with Crippen LogP contribution in [0.15, 0.2) is 48.8 Å². The summed E-state index contributed by atoms with van der Waals surface area (Å²) >= 11 is 6.14. The highest BCUT2D eigenvalue weighted by Crippen LogP contribution is 2.17. The van der Waals surface area contributed by atoms with Crippen LogP contribution < -0.4 is 0 Å². The highest BCUT2D eigenvalue weighted by Gasteiger charge is 2.23. The fraction of sp³-hybridized carbons (Fsp3) is 0.316. The van der Waals surface area contributed by atoms with Gasteiger partial charge in [0.05, 0.1) is 6.42 Å². The number of hydrogen-bond donors (Lipinski definition) is 0. The number of nitrogens with zero attached hydrogens (tertiary/aromatic N) is 3. The van der Waals surface area contributed by atoms with Gasteiger partial charge in [0.15, 0.2) is 0 Å². The van der Waals surface area contributed by atoms with E-state index in [0.717, 1.165) is 12.0 Å². The molecule has 0 bridgehead atoms. The van der Waals surface area contributed by atoms with E-state index in [1.54, 1.807) is 35.5 Å². The molecule has 2 heterocycles. The Morgan fingerprint density at radius 3 is 2.40 bits per heavy atom. The van der Waals surface area contributed by atoms with Crippen molar-refractivity contribution in [2.24, 2.45) is 0 Å². The van der Waals surface area contributed by atoms with Crippen LogP contribution in [0.4, 0.5) is 0 Å². The summed E-state index contributed by atoms with van der Waals surface area (Å²) in [6.45, 7) is 2.38. The minimum Gasteiger partial charge on any atom is -0.341 e. The van der Waals surface area contributed by atoms with Crippen molar-refractivity contribution < 1.29 is 9.59 Å². The third-order valence-corrected chi connectivity index (χ3v) is 4.73. The van der Waals surface area contributed by atoms with E-state index in [-0.39, 0.29) is 18.2 Å². The van der Waals surface area contributed by atoms with E-state index in [1.165, 1.54) is 0 Å². The molecule has 1 aromatic heterocycles. The first kappa shape index (κ1) is 17.4. The Bertz CT molecular complexity index is 751. The van der Waals surface area contributed by atoms with Crippen molar-refractivity contribution in [3.05, 3.63) is 64.9 Å². The summed E-state index contributed by atoms with van der Waals surface area (Å²) in [5.74, 6) is 0.0362. The molecule has 0 saturated carbocycles. The number of amides is 2. The predicted octanol–water partition coefficient (Wildman–Crippen LogP) is 2.65. The Hall–Kier alpha value is -2.40. The van der Waals surface area contributed by atoms with Crippen LogP contribution in [0.5, 0.6) is 0 Å². The number of halogens is 1. The molecule has 1 aliphatic rings. The minimum absolute atomic E-state index is 0.0113. The van der Waals surface area contributed by atoms with Gasteiger partial charge in [-0.2, -0.15) is 0 Å². The Morgan fingerprint density at radius 1 is 0.960 bits per heavy atom. The highest BCUT2D eigenvalue weighted by atomic mass is 35.5. The van der Waals surface area contributed by atoms with Crippen LogP contribution in [0, 0.1) is 0 Å². The van der Waals surface area contributed by atoms with Crippen molar-refractivity contribution in [2.75, 3.05) is 26.2 Å². The first-order valence-electron chi connectivity index (χ1n) is 8.35. The molecule has 0 N–H and O–H groups in total. The van der Waals surface area contributed by atoms with Crippen LogP contribution in [-0.2, 0) is 11.2 Å². The number of carbonyl (C=O) groups is 2. The molecule has 0 atom stereocenters. The van der Waals surface area contributed by atoms with Crippen molar-refractivity contribution in [1.29, 1.82) is 0 Å². The van der Waals surface area contributed by atoms with Crippen LogP contribution in [-0.4, -0.2) is 52.8 Å². The van der Waals surface area contributed by atoms with E-state index in [9.17, 15) is 9.59 Å². The average Bonchev–Trinajstić information content (AvgIpc) is 2.90. The minimum atomic E-state index is -0.0113. The summed E-state index contributed by atoms with van der Waals surface area (Å²) in [6.07, 6.45) is 4.29. The Kier molecular flexibility index (Phi) is 5.66. The number of hydrogen-bond acceptors (Lipinski definition) is 3. The number of benzene rings is 1. The molecule has 3 rings (SSSR count). The second-order valence-corrected chi connectivity index (χ2v) is 6.44. The van der Waals surface area contributed by atoms with E-state index in [4.69, 9.17) is 11.6 Å². The van der Waals surface area contributed by atoms with E-state index in [1.807, 2.05) is 23.1 Å². The quantitative estimate of drug-likeness (QED) is 0.848. The lowest BCUT2D eigenvalue weighted by molar-refractivity contribution is -0.130. The molecule has 0 spiro atoms. The van der Waals surface area contributed by atoms with Gasteiger partial charge in [-0.3, -0.25) is 14.6 Å². The molecular formula is C19H20ClN3O2. The molecule has 0 unspecified atom stereocenters. The molecule has 6 heteroatoms.